The number of nitrogens with zero attached hydrogens (tertiary/aromatic N) is 2. The lowest BCUT2D eigenvalue weighted by Crippen LogP contribution is -2.57. The van der Waals surface area contributed by atoms with Crippen molar-refractivity contribution in [3.63, 3.8) is 0 Å². The first-order chi connectivity index (χ1) is 13.0. The van der Waals surface area contributed by atoms with E-state index < -0.39 is 0 Å². The standard InChI is InChI=1S/C22H24ClN3O/c1-15-13-26(22(27)20-7-4-8-21-19(20)9-10-24-21)16(2)12-25(15)14-17-5-3-6-18(23)11-17/h3-11,15-16,24H,12-14H2,1-2H3. The Labute approximate surface area is 164 Å². The van der Waals surface area contributed by atoms with E-state index in [0.717, 1.165) is 41.1 Å². The summed E-state index contributed by atoms with van der Waals surface area (Å²) in [6, 6.07) is 16.3. The molecule has 4 rings (SSSR count). The van der Waals surface area contributed by atoms with Crippen molar-refractivity contribution in [1.82, 2.24) is 14.8 Å². The molecule has 1 aromatic heterocycles. The highest BCUT2D eigenvalue weighted by molar-refractivity contribution is 6.30. The lowest BCUT2D eigenvalue weighted by Gasteiger charge is -2.44. The van der Waals surface area contributed by atoms with E-state index in [4.69, 9.17) is 11.6 Å². The second kappa shape index (κ2) is 7.37. The van der Waals surface area contributed by atoms with Gasteiger partial charge in [-0.25, -0.2) is 0 Å². The van der Waals surface area contributed by atoms with Crippen LogP contribution in [0.15, 0.2) is 54.7 Å². The molecule has 2 aromatic carbocycles. The molecule has 1 N–H and O–H groups in total. The van der Waals surface area contributed by atoms with Gasteiger partial charge in [0.05, 0.1) is 0 Å². The molecule has 0 aliphatic carbocycles. The van der Waals surface area contributed by atoms with Gasteiger partial charge < -0.3 is 9.88 Å². The van der Waals surface area contributed by atoms with E-state index in [1.165, 1.54) is 5.56 Å². The van der Waals surface area contributed by atoms with E-state index >= 15 is 0 Å². The van der Waals surface area contributed by atoms with E-state index in [2.05, 4.69) is 29.8 Å². The number of hydrogen-bond donors (Lipinski definition) is 1. The van der Waals surface area contributed by atoms with Crippen molar-refractivity contribution in [1.29, 1.82) is 0 Å². The maximum Gasteiger partial charge on any atom is 0.254 e. The molecule has 4 nitrogen and oxygen atoms in total. The highest BCUT2D eigenvalue weighted by Gasteiger charge is 2.32. The number of carbonyl (C=O) groups excluding carboxylic acids is 1. The van der Waals surface area contributed by atoms with Crippen LogP contribution in [0.2, 0.25) is 5.02 Å². The Hall–Kier alpha value is -2.30. The summed E-state index contributed by atoms with van der Waals surface area (Å²) in [5.41, 5.74) is 2.98. The minimum Gasteiger partial charge on any atom is -0.361 e. The minimum atomic E-state index is 0.113. The van der Waals surface area contributed by atoms with Crippen molar-refractivity contribution in [3.05, 3.63) is 70.9 Å². The zero-order chi connectivity index (χ0) is 19.0. The second-order valence-corrected chi connectivity index (χ2v) is 7.90. The first-order valence-electron chi connectivity index (χ1n) is 9.38. The molecular formula is C22H24ClN3O. The SMILES string of the molecule is CC1CN(C(=O)c2cccc3[nH]ccc23)C(C)CN1Cc1cccc(Cl)c1. The number of fused-ring (bicyclic) bond motifs is 1. The maximum atomic E-state index is 13.3. The van der Waals surface area contributed by atoms with Crippen LogP contribution < -0.4 is 0 Å². The number of halogens is 1. The highest BCUT2D eigenvalue weighted by Crippen LogP contribution is 2.24. The summed E-state index contributed by atoms with van der Waals surface area (Å²) in [5.74, 6) is 0.113. The zero-order valence-corrected chi connectivity index (χ0v) is 16.4. The van der Waals surface area contributed by atoms with Crippen LogP contribution in [0, 0.1) is 0 Å². The normalized spacial score (nSPS) is 20.9. The quantitative estimate of drug-likeness (QED) is 0.722. The average Bonchev–Trinajstić information content (AvgIpc) is 3.13. The van der Waals surface area contributed by atoms with Gasteiger partial charge in [0, 0.05) is 59.4 Å². The molecule has 3 aromatic rings. The molecule has 0 radical (unpaired) electrons. The van der Waals surface area contributed by atoms with Crippen molar-refractivity contribution < 1.29 is 4.79 Å². The van der Waals surface area contributed by atoms with Gasteiger partial charge in [-0.1, -0.05) is 29.8 Å². The molecule has 1 saturated heterocycles. The molecule has 5 heteroatoms. The number of benzene rings is 2. The Kier molecular flexibility index (Phi) is 4.94. The second-order valence-electron chi connectivity index (χ2n) is 7.46. The van der Waals surface area contributed by atoms with Crippen LogP contribution in [0.1, 0.15) is 29.8 Å². The molecule has 27 heavy (non-hydrogen) atoms. The zero-order valence-electron chi connectivity index (χ0n) is 15.7. The maximum absolute atomic E-state index is 13.3. The number of rotatable bonds is 3. The third-order valence-electron chi connectivity index (χ3n) is 5.48. The van der Waals surface area contributed by atoms with Crippen molar-refractivity contribution in [3.8, 4) is 0 Å². The Bertz CT molecular complexity index is 967. The molecule has 2 heterocycles. The molecule has 140 valence electrons. The van der Waals surface area contributed by atoms with E-state index in [9.17, 15) is 4.79 Å². The molecule has 0 saturated carbocycles. The highest BCUT2D eigenvalue weighted by atomic mass is 35.5. The van der Waals surface area contributed by atoms with Gasteiger partial charge in [0.25, 0.3) is 5.91 Å². The summed E-state index contributed by atoms with van der Waals surface area (Å²) in [4.78, 5) is 20.9. The van der Waals surface area contributed by atoms with Crippen LogP contribution in [-0.4, -0.2) is 45.9 Å². The van der Waals surface area contributed by atoms with Crippen LogP contribution in [0.5, 0.6) is 0 Å². The molecule has 1 aliphatic rings. The predicted molar refractivity (Wildman–Crippen MR) is 110 cm³/mol. The van der Waals surface area contributed by atoms with E-state index in [0.29, 0.717) is 0 Å². The van der Waals surface area contributed by atoms with Gasteiger partial charge in [0.1, 0.15) is 0 Å². The fraction of sp³-hybridized carbons (Fsp3) is 0.318. The van der Waals surface area contributed by atoms with Crippen LogP contribution >= 0.6 is 11.6 Å². The average molecular weight is 382 g/mol. The van der Waals surface area contributed by atoms with Gasteiger partial charge in [-0.05, 0) is 49.7 Å². The minimum absolute atomic E-state index is 0.113. The molecule has 1 aliphatic heterocycles. The van der Waals surface area contributed by atoms with Gasteiger partial charge in [-0.2, -0.15) is 0 Å². The number of piperazine rings is 1. The Morgan fingerprint density at radius 2 is 1.93 bits per heavy atom. The molecule has 1 fully saturated rings. The predicted octanol–water partition coefficient (Wildman–Crippen LogP) is 4.56. The van der Waals surface area contributed by atoms with E-state index in [-0.39, 0.29) is 18.0 Å². The molecule has 2 unspecified atom stereocenters. The molecular weight excluding hydrogens is 358 g/mol. The summed E-state index contributed by atoms with van der Waals surface area (Å²) >= 11 is 6.12. The third kappa shape index (κ3) is 3.60. The van der Waals surface area contributed by atoms with Crippen molar-refractivity contribution >= 4 is 28.4 Å². The lowest BCUT2D eigenvalue weighted by atomic mass is 10.0. The molecule has 2 atom stereocenters. The number of hydrogen-bond acceptors (Lipinski definition) is 2. The van der Waals surface area contributed by atoms with E-state index in [1.807, 2.05) is 53.6 Å². The van der Waals surface area contributed by atoms with Crippen molar-refractivity contribution in [2.45, 2.75) is 32.5 Å². The molecule has 0 spiro atoms. The number of amides is 1. The number of carbonyl (C=O) groups is 1. The van der Waals surface area contributed by atoms with Gasteiger partial charge in [0.2, 0.25) is 0 Å². The van der Waals surface area contributed by atoms with Crippen LogP contribution in [0.4, 0.5) is 0 Å². The number of aromatic nitrogens is 1. The summed E-state index contributed by atoms with van der Waals surface area (Å²) < 4.78 is 0. The molecule has 0 bridgehead atoms. The summed E-state index contributed by atoms with van der Waals surface area (Å²) in [6.07, 6.45) is 1.89. The summed E-state index contributed by atoms with van der Waals surface area (Å²) in [7, 11) is 0. The summed E-state index contributed by atoms with van der Waals surface area (Å²) in [6.45, 7) is 6.74. The number of aromatic amines is 1. The van der Waals surface area contributed by atoms with Gasteiger partial charge in [-0.3, -0.25) is 9.69 Å². The van der Waals surface area contributed by atoms with Crippen molar-refractivity contribution in [2.24, 2.45) is 0 Å². The number of nitrogens with one attached hydrogen (secondary N) is 1. The van der Waals surface area contributed by atoms with Crippen LogP contribution in [-0.2, 0) is 6.54 Å². The molecule has 1 amide bonds. The first-order valence-corrected chi connectivity index (χ1v) is 9.76. The lowest BCUT2D eigenvalue weighted by molar-refractivity contribution is 0.0292. The number of H-pyrrole nitrogens is 1. The summed E-state index contributed by atoms with van der Waals surface area (Å²) in [5, 5.41) is 1.75. The fourth-order valence-corrected chi connectivity index (χ4v) is 4.21. The Balaban J connectivity index is 1.52. The first kappa shape index (κ1) is 18.1. The van der Waals surface area contributed by atoms with Crippen LogP contribution in [0.25, 0.3) is 10.9 Å². The fourth-order valence-electron chi connectivity index (χ4n) is 4.00. The van der Waals surface area contributed by atoms with Gasteiger partial charge >= 0.3 is 0 Å². The van der Waals surface area contributed by atoms with Gasteiger partial charge in [-0.15, -0.1) is 0 Å². The Morgan fingerprint density at radius 1 is 1.11 bits per heavy atom. The third-order valence-corrected chi connectivity index (χ3v) is 5.71. The van der Waals surface area contributed by atoms with Crippen LogP contribution in [0.3, 0.4) is 0 Å². The monoisotopic (exact) mass is 381 g/mol. The van der Waals surface area contributed by atoms with Crippen molar-refractivity contribution in [2.75, 3.05) is 13.1 Å². The smallest absolute Gasteiger partial charge is 0.254 e. The van der Waals surface area contributed by atoms with Gasteiger partial charge in [0.15, 0.2) is 0 Å². The topological polar surface area (TPSA) is 39.3 Å². The van der Waals surface area contributed by atoms with E-state index in [1.54, 1.807) is 0 Å². The largest absolute Gasteiger partial charge is 0.361 e. The Morgan fingerprint density at radius 3 is 2.74 bits per heavy atom.